The number of nitrogens with one attached hydrogen (secondary N) is 4. The van der Waals surface area contributed by atoms with Crippen LogP contribution in [0.3, 0.4) is 0 Å². The van der Waals surface area contributed by atoms with E-state index in [1.54, 1.807) is 35.9 Å². The Kier molecular flexibility index (Phi) is 18.7. The maximum atomic E-state index is 14.2. The van der Waals surface area contributed by atoms with Crippen LogP contribution in [0, 0.1) is 25.5 Å². The van der Waals surface area contributed by atoms with E-state index in [9.17, 15) is 47.1 Å². The van der Waals surface area contributed by atoms with Crippen LogP contribution in [0.15, 0.2) is 76.1 Å². The van der Waals surface area contributed by atoms with Crippen molar-refractivity contribution >= 4 is 57.3 Å². The number of pyridine rings is 1. The molecule has 1 fully saturated rings. The fourth-order valence-electron chi connectivity index (χ4n) is 8.19. The van der Waals surface area contributed by atoms with Gasteiger partial charge in [-0.2, -0.15) is 0 Å². The molecule has 23 heteroatoms. The molecule has 2 aliphatic rings. The smallest absolute Gasteiger partial charge is 0.273 e. The number of piperidine rings is 1. The zero-order valence-electron chi connectivity index (χ0n) is 40.6. The number of nitrogens with zero attached hydrogens (tertiary/aromatic N) is 5. The summed E-state index contributed by atoms with van der Waals surface area (Å²) in [6.07, 6.45) is 4.76. The molecule has 20 nitrogen and oxygen atoms in total. The highest BCUT2D eigenvalue weighted by Crippen LogP contribution is 2.29. The summed E-state index contributed by atoms with van der Waals surface area (Å²) in [7, 11) is 0. The van der Waals surface area contributed by atoms with Crippen molar-refractivity contribution in [3.63, 3.8) is 0 Å². The minimum Gasteiger partial charge on any atom is -0.487 e. The highest BCUT2D eigenvalue weighted by Gasteiger charge is 2.44. The van der Waals surface area contributed by atoms with E-state index < -0.39 is 52.8 Å². The molecule has 0 saturated carbocycles. The number of halogens is 3. The van der Waals surface area contributed by atoms with Crippen LogP contribution in [-0.4, -0.2) is 118 Å². The first-order valence-corrected chi connectivity index (χ1v) is 24.7. The summed E-state index contributed by atoms with van der Waals surface area (Å²) in [5.41, 5.74) is 2.86. The van der Waals surface area contributed by atoms with Gasteiger partial charge in [-0.3, -0.25) is 57.8 Å². The van der Waals surface area contributed by atoms with E-state index in [4.69, 9.17) is 14.2 Å². The van der Waals surface area contributed by atoms with E-state index in [1.165, 1.54) is 28.8 Å². The molecule has 4 N–H and O–H groups in total. The number of benzene rings is 3. The van der Waals surface area contributed by atoms with Crippen molar-refractivity contribution in [3.8, 4) is 11.4 Å². The summed E-state index contributed by atoms with van der Waals surface area (Å²) in [6.45, 7) is 5.67. The minimum absolute atomic E-state index is 0.00187. The van der Waals surface area contributed by atoms with Crippen LogP contribution in [0.2, 0.25) is 0 Å². The number of carbonyl (C=O) groups is 7. The summed E-state index contributed by atoms with van der Waals surface area (Å²) in [5.74, 6) is -4.74. The van der Waals surface area contributed by atoms with Crippen LogP contribution in [0.5, 0.6) is 5.75 Å². The van der Waals surface area contributed by atoms with Crippen LogP contribution in [0.25, 0.3) is 5.69 Å². The monoisotopic (exact) mass is 1090 g/mol. The Labute approximate surface area is 431 Å². The normalized spacial score (nSPS) is 14.2. The molecule has 0 aliphatic carbocycles. The third kappa shape index (κ3) is 13.8. The number of hydrogen-bond acceptors (Lipinski definition) is 13. The molecule has 3 aromatic carbocycles. The third-order valence-electron chi connectivity index (χ3n) is 12.1. The first-order chi connectivity index (χ1) is 35.6. The van der Waals surface area contributed by atoms with Gasteiger partial charge < -0.3 is 30.2 Å². The standard InChI is InChI=1S/C51H54BrF2N9O11/c1-30-8-9-33(26-41(30)62-31(2)24-42(45(52)51(62)71)74-29-34-10-12-35(53)27-39(34)54)47(67)56-16-4-3-6-36-28-61(60-59-36)19-5-7-43(64)55-17-20-72-22-23-73-21-18-57-46(66)32-11-13-37-38(25-32)50(70)63(49(37)69)40-14-15-44(65)58-48(40)68/h8-13,24-28,40H,3-7,14-23,29H2,1-2H3,(H,55,64)(H,56,67)(H,57,66)(H,58,65,68). The van der Waals surface area contributed by atoms with Crippen molar-refractivity contribution in [2.45, 2.75) is 78.0 Å². The number of aromatic nitrogens is 4. The lowest BCUT2D eigenvalue weighted by molar-refractivity contribution is -0.136. The van der Waals surface area contributed by atoms with Crippen molar-refractivity contribution < 1.29 is 56.6 Å². The first kappa shape index (κ1) is 54.3. The van der Waals surface area contributed by atoms with Gasteiger partial charge in [0, 0.05) is 79.7 Å². The zero-order valence-corrected chi connectivity index (χ0v) is 42.2. The van der Waals surface area contributed by atoms with Gasteiger partial charge in [-0.25, -0.2) is 8.78 Å². The quantitative estimate of drug-likeness (QED) is 0.0474. The van der Waals surface area contributed by atoms with Crippen molar-refractivity contribution in [3.05, 3.63) is 138 Å². The van der Waals surface area contributed by atoms with Crippen LogP contribution >= 0.6 is 15.9 Å². The number of rotatable bonds is 25. The second-order valence-corrected chi connectivity index (χ2v) is 18.3. The van der Waals surface area contributed by atoms with E-state index in [0.717, 1.165) is 34.7 Å². The zero-order chi connectivity index (χ0) is 52.9. The topological polar surface area (TPSA) is 251 Å². The average molecular weight is 1090 g/mol. The van der Waals surface area contributed by atoms with E-state index in [-0.39, 0.29) is 103 Å². The lowest BCUT2D eigenvalue weighted by Crippen LogP contribution is -2.54. The fraction of sp³-hybridized carbons (Fsp3) is 0.373. The van der Waals surface area contributed by atoms with Crippen molar-refractivity contribution in [1.82, 2.24) is 45.7 Å². The van der Waals surface area contributed by atoms with Crippen molar-refractivity contribution in [1.29, 1.82) is 0 Å². The largest absolute Gasteiger partial charge is 0.487 e. The molecular formula is C51H54BrF2N9O11. The first-order valence-electron chi connectivity index (χ1n) is 23.9. The number of imide groups is 2. The fourth-order valence-corrected chi connectivity index (χ4v) is 8.60. The van der Waals surface area contributed by atoms with Gasteiger partial charge in [0.25, 0.3) is 29.2 Å². The third-order valence-corrected chi connectivity index (χ3v) is 12.8. The SMILES string of the molecule is Cc1ccc(C(=O)NCCCCc2cn(CCCC(=O)NCCOCCOCCNC(=O)c3ccc4c(c3)C(=O)N(C3CCC(=O)NC3=O)C4=O)nn2)cc1-n1c(C)cc(OCc2ccc(F)cc2F)c(Br)c1=O. The molecule has 0 radical (unpaired) electrons. The van der Waals surface area contributed by atoms with Crippen molar-refractivity contribution in [2.24, 2.45) is 0 Å². The van der Waals surface area contributed by atoms with Gasteiger partial charge in [0.1, 0.15) is 34.5 Å². The van der Waals surface area contributed by atoms with Crippen LogP contribution in [0.4, 0.5) is 8.78 Å². The predicted octanol–water partition coefficient (Wildman–Crippen LogP) is 4.18. The summed E-state index contributed by atoms with van der Waals surface area (Å²) < 4.78 is 47.5. The van der Waals surface area contributed by atoms with Crippen LogP contribution < -0.4 is 31.6 Å². The molecule has 390 valence electrons. The number of hydrogen-bond donors (Lipinski definition) is 4. The predicted molar refractivity (Wildman–Crippen MR) is 265 cm³/mol. The number of unbranched alkanes of at least 4 members (excludes halogenated alkanes) is 1. The summed E-state index contributed by atoms with van der Waals surface area (Å²) in [5, 5.41) is 19.0. The molecule has 0 spiro atoms. The Morgan fingerprint density at radius 3 is 2.24 bits per heavy atom. The summed E-state index contributed by atoms with van der Waals surface area (Å²) in [4.78, 5) is 102. The average Bonchev–Trinajstić information content (AvgIpc) is 3.93. The molecule has 7 amide bonds. The highest BCUT2D eigenvalue weighted by molar-refractivity contribution is 9.10. The van der Waals surface area contributed by atoms with Gasteiger partial charge in [-0.1, -0.05) is 11.3 Å². The Morgan fingerprint density at radius 1 is 0.797 bits per heavy atom. The molecule has 1 saturated heterocycles. The van der Waals surface area contributed by atoms with E-state index >= 15 is 0 Å². The number of carbonyl (C=O) groups excluding carboxylic acids is 7. The van der Waals surface area contributed by atoms with Gasteiger partial charge in [-0.15, -0.1) is 5.10 Å². The summed E-state index contributed by atoms with van der Waals surface area (Å²) >= 11 is 3.31. The van der Waals surface area contributed by atoms with Crippen LogP contribution in [0.1, 0.15) is 102 Å². The second kappa shape index (κ2) is 25.4. The Morgan fingerprint density at radius 2 is 1.50 bits per heavy atom. The van der Waals surface area contributed by atoms with Crippen molar-refractivity contribution in [2.75, 3.05) is 46.1 Å². The Bertz CT molecular complexity index is 3020. The Balaban J connectivity index is 0.713. The highest BCUT2D eigenvalue weighted by atomic mass is 79.9. The summed E-state index contributed by atoms with van der Waals surface area (Å²) in [6, 6.07) is 12.9. The molecule has 7 rings (SSSR count). The molecule has 2 aromatic heterocycles. The second-order valence-electron chi connectivity index (χ2n) is 17.5. The molecule has 5 aromatic rings. The van der Waals surface area contributed by atoms with E-state index in [2.05, 4.69) is 47.5 Å². The maximum Gasteiger partial charge on any atom is 0.273 e. The molecule has 2 aliphatic heterocycles. The lowest BCUT2D eigenvalue weighted by atomic mass is 10.0. The van der Waals surface area contributed by atoms with E-state index in [0.29, 0.717) is 55.8 Å². The molecular weight excluding hydrogens is 1030 g/mol. The number of aryl methyl sites for hydroxylation is 4. The number of fused-ring (bicyclic) bond motifs is 1. The molecule has 74 heavy (non-hydrogen) atoms. The number of ether oxygens (including phenoxy) is 3. The Hall–Kier alpha value is -7.50. The molecule has 1 atom stereocenters. The van der Waals surface area contributed by atoms with Gasteiger partial charge in [0.15, 0.2) is 0 Å². The van der Waals surface area contributed by atoms with E-state index in [1.807, 2.05) is 13.1 Å². The van der Waals surface area contributed by atoms with Gasteiger partial charge >= 0.3 is 0 Å². The van der Waals surface area contributed by atoms with Crippen LogP contribution in [-0.2, 0) is 43.4 Å². The molecule has 4 heterocycles. The molecule has 1 unspecified atom stereocenters. The molecule has 0 bridgehead atoms. The lowest BCUT2D eigenvalue weighted by Gasteiger charge is -2.27. The van der Waals surface area contributed by atoms with Gasteiger partial charge in [0.05, 0.1) is 48.9 Å². The maximum absolute atomic E-state index is 14.2. The van der Waals surface area contributed by atoms with Gasteiger partial charge in [0.2, 0.25) is 17.7 Å². The minimum atomic E-state index is -1.10. The number of amides is 7. The van der Waals surface area contributed by atoms with Gasteiger partial charge in [-0.05, 0) is 110 Å².